The Morgan fingerprint density at radius 3 is 2.49 bits per heavy atom. The molecule has 1 aliphatic heterocycles. The summed E-state index contributed by atoms with van der Waals surface area (Å²) >= 11 is 0. The van der Waals surface area contributed by atoms with Gasteiger partial charge in [0.15, 0.2) is 17.9 Å². The summed E-state index contributed by atoms with van der Waals surface area (Å²) in [4.78, 5) is 39.7. The van der Waals surface area contributed by atoms with Gasteiger partial charge in [-0.3, -0.25) is 14.4 Å². The van der Waals surface area contributed by atoms with Crippen LogP contribution in [0.3, 0.4) is 0 Å². The molecule has 208 valence electrons. The fourth-order valence-corrected chi connectivity index (χ4v) is 5.75. The van der Waals surface area contributed by atoms with E-state index >= 15 is 0 Å². The van der Waals surface area contributed by atoms with E-state index < -0.39 is 95.7 Å². The molecule has 2 aromatic rings. The number of ketones is 3. The van der Waals surface area contributed by atoms with Crippen molar-refractivity contribution in [3.8, 4) is 17.2 Å². The second-order valence-corrected chi connectivity index (χ2v) is 10.2. The zero-order chi connectivity index (χ0) is 28.4. The molecule has 0 aromatic heterocycles. The molecule has 0 saturated carbocycles. The molecule has 0 spiro atoms. The number of nitrogens with two attached hydrogens (primary N) is 1. The van der Waals surface area contributed by atoms with Crippen LogP contribution in [-0.4, -0.2) is 86.7 Å². The molecule has 2 aliphatic carbocycles. The Hall–Kier alpha value is -3.39. The average Bonchev–Trinajstić information content (AvgIpc) is 2.90. The van der Waals surface area contributed by atoms with Crippen LogP contribution in [-0.2, 0) is 20.7 Å². The van der Waals surface area contributed by atoms with E-state index in [4.69, 9.17) is 19.9 Å². The number of phenolic OH excluding ortho intramolecular Hbond substituents is 2. The first kappa shape index (κ1) is 27.2. The summed E-state index contributed by atoms with van der Waals surface area (Å²) in [5.74, 6) is -3.77. The number of carbonyl (C=O) groups is 3. The third-order valence-corrected chi connectivity index (χ3v) is 7.81. The lowest BCUT2D eigenvalue weighted by Gasteiger charge is -2.42. The zero-order valence-corrected chi connectivity index (χ0v) is 21.2. The summed E-state index contributed by atoms with van der Waals surface area (Å²) in [5, 5.41) is 53.7. The molecule has 5 rings (SSSR count). The van der Waals surface area contributed by atoms with Crippen LogP contribution >= 0.6 is 0 Å². The zero-order valence-electron chi connectivity index (χ0n) is 21.2. The van der Waals surface area contributed by atoms with Gasteiger partial charge in [0.05, 0.1) is 42.1 Å². The Kier molecular flexibility index (Phi) is 6.74. The number of Topliss-reactive ketones (excluding diaryl/α,β-unsaturated/α-hetero) is 1. The number of methoxy groups -OCH3 is 1. The lowest BCUT2D eigenvalue weighted by Crippen LogP contribution is -2.53. The van der Waals surface area contributed by atoms with E-state index in [0.29, 0.717) is 0 Å². The van der Waals surface area contributed by atoms with Crippen LogP contribution in [0.2, 0.25) is 0 Å². The number of hydrogen-bond acceptors (Lipinski definition) is 12. The molecule has 1 saturated heterocycles. The molecule has 3 aliphatic rings. The predicted molar refractivity (Wildman–Crippen MR) is 132 cm³/mol. The minimum atomic E-state index is -2.24. The van der Waals surface area contributed by atoms with Crippen LogP contribution in [0.5, 0.6) is 17.2 Å². The van der Waals surface area contributed by atoms with E-state index in [1.54, 1.807) is 6.92 Å². The summed E-state index contributed by atoms with van der Waals surface area (Å²) in [6, 6.07) is 3.64. The van der Waals surface area contributed by atoms with Crippen LogP contribution < -0.4 is 10.5 Å². The molecular weight excluding hydrogens is 514 g/mol. The van der Waals surface area contributed by atoms with E-state index in [2.05, 4.69) is 0 Å². The Labute approximate surface area is 222 Å². The van der Waals surface area contributed by atoms with Gasteiger partial charge < -0.3 is 45.5 Å². The highest BCUT2D eigenvalue weighted by Gasteiger charge is 2.50. The number of rotatable bonds is 5. The van der Waals surface area contributed by atoms with Gasteiger partial charge >= 0.3 is 0 Å². The molecule has 12 nitrogen and oxygen atoms in total. The first-order valence-electron chi connectivity index (χ1n) is 12.4. The number of benzene rings is 2. The average molecular weight is 544 g/mol. The summed E-state index contributed by atoms with van der Waals surface area (Å²) in [6.07, 6.45) is -5.12. The van der Waals surface area contributed by atoms with E-state index in [1.165, 1.54) is 25.3 Å². The van der Waals surface area contributed by atoms with Crippen molar-refractivity contribution in [3.63, 3.8) is 0 Å². The molecule has 1 heterocycles. The first-order chi connectivity index (χ1) is 18.4. The van der Waals surface area contributed by atoms with Crippen molar-refractivity contribution < 1.29 is 54.1 Å². The predicted octanol–water partition coefficient (Wildman–Crippen LogP) is 0.00130. The summed E-state index contributed by atoms with van der Waals surface area (Å²) in [7, 11) is 1.32. The van der Waals surface area contributed by atoms with Gasteiger partial charge in [0.1, 0.15) is 29.5 Å². The Balaban J connectivity index is 1.69. The fraction of sp³-hybridized carbons (Fsp3) is 0.444. The normalized spacial score (nSPS) is 29.8. The molecular formula is C27H29NO11. The van der Waals surface area contributed by atoms with Crippen molar-refractivity contribution in [2.75, 3.05) is 13.7 Å². The van der Waals surface area contributed by atoms with Crippen LogP contribution in [0.25, 0.3) is 0 Å². The van der Waals surface area contributed by atoms with Gasteiger partial charge in [0.25, 0.3) is 0 Å². The van der Waals surface area contributed by atoms with E-state index in [0.717, 1.165) is 0 Å². The van der Waals surface area contributed by atoms with Gasteiger partial charge in [-0.25, -0.2) is 0 Å². The number of aliphatic hydroxyl groups is 3. The van der Waals surface area contributed by atoms with E-state index in [1.807, 2.05) is 0 Å². The van der Waals surface area contributed by atoms with Crippen LogP contribution in [0.1, 0.15) is 68.8 Å². The Bertz CT molecular complexity index is 1380. The SMILES string of the molecule is COc1cccc2c1C(=O)c1c(O)c3c(c(O)c1C2=O)CC(O)(C(=O)CO)CC3OC1C[C@@H](N)[C@@H](O)[C@@H](C)O1. The maximum atomic E-state index is 13.6. The molecule has 7 N–H and O–H groups in total. The summed E-state index contributed by atoms with van der Waals surface area (Å²) in [6.45, 7) is 0.560. The number of aliphatic hydroxyl groups excluding tert-OH is 2. The highest BCUT2D eigenvalue weighted by atomic mass is 16.7. The lowest BCUT2D eigenvalue weighted by atomic mass is 9.72. The van der Waals surface area contributed by atoms with Gasteiger partial charge in [-0.1, -0.05) is 12.1 Å². The minimum Gasteiger partial charge on any atom is -0.507 e. The van der Waals surface area contributed by atoms with Gasteiger partial charge in [0.2, 0.25) is 5.78 Å². The largest absolute Gasteiger partial charge is 0.507 e. The second kappa shape index (κ2) is 9.66. The Morgan fingerprint density at radius 2 is 1.85 bits per heavy atom. The van der Waals surface area contributed by atoms with Crippen molar-refractivity contribution in [1.82, 2.24) is 0 Å². The number of phenols is 2. The number of hydrogen-bond donors (Lipinski definition) is 6. The maximum Gasteiger partial charge on any atom is 0.202 e. The standard InChI is InChI=1S/C27H29NO11/c1-10-22(31)13(28)6-17(38-10)39-15-8-27(36,16(30)9-29)7-12-19(15)26(35)21-20(24(12)33)23(32)11-4-3-5-14(37-2)18(11)25(21)34/h3-5,10,13,15,17,22,29,31,33,35-36H,6-9,28H2,1-2H3/t10-,13-,15?,17?,22+,27?/m1/s1. The van der Waals surface area contributed by atoms with Crippen molar-refractivity contribution in [3.05, 3.63) is 51.6 Å². The van der Waals surface area contributed by atoms with Gasteiger partial charge in [0, 0.05) is 42.0 Å². The highest BCUT2D eigenvalue weighted by molar-refractivity contribution is 6.31. The molecule has 2 aromatic carbocycles. The van der Waals surface area contributed by atoms with Crippen LogP contribution in [0, 0.1) is 0 Å². The van der Waals surface area contributed by atoms with Crippen molar-refractivity contribution >= 4 is 17.3 Å². The summed E-state index contributed by atoms with van der Waals surface area (Å²) in [5.41, 5.74) is 2.37. The maximum absolute atomic E-state index is 13.6. The third kappa shape index (κ3) is 4.11. The van der Waals surface area contributed by atoms with Crippen molar-refractivity contribution in [2.24, 2.45) is 5.73 Å². The van der Waals surface area contributed by atoms with E-state index in [-0.39, 0.29) is 34.4 Å². The Morgan fingerprint density at radius 1 is 1.15 bits per heavy atom. The van der Waals surface area contributed by atoms with Gasteiger partial charge in [-0.15, -0.1) is 0 Å². The van der Waals surface area contributed by atoms with Crippen LogP contribution in [0.15, 0.2) is 18.2 Å². The molecule has 0 radical (unpaired) electrons. The second-order valence-electron chi connectivity index (χ2n) is 10.2. The molecule has 3 unspecified atom stereocenters. The smallest absolute Gasteiger partial charge is 0.202 e. The molecule has 0 amide bonds. The molecule has 6 atom stereocenters. The third-order valence-electron chi connectivity index (χ3n) is 7.81. The van der Waals surface area contributed by atoms with Crippen molar-refractivity contribution in [2.45, 2.75) is 62.4 Å². The number of carbonyl (C=O) groups excluding carboxylic acids is 3. The number of ether oxygens (including phenoxy) is 3. The fourth-order valence-electron chi connectivity index (χ4n) is 5.75. The van der Waals surface area contributed by atoms with Crippen LogP contribution in [0.4, 0.5) is 0 Å². The van der Waals surface area contributed by atoms with Gasteiger partial charge in [-0.2, -0.15) is 0 Å². The first-order valence-corrected chi connectivity index (χ1v) is 12.4. The van der Waals surface area contributed by atoms with Gasteiger partial charge in [-0.05, 0) is 13.0 Å². The lowest BCUT2D eigenvalue weighted by molar-refractivity contribution is -0.247. The van der Waals surface area contributed by atoms with E-state index in [9.17, 15) is 39.9 Å². The molecule has 12 heteroatoms. The molecule has 1 fully saturated rings. The van der Waals surface area contributed by atoms with Crippen molar-refractivity contribution in [1.29, 1.82) is 0 Å². The quantitative estimate of drug-likeness (QED) is 0.235. The molecule has 39 heavy (non-hydrogen) atoms. The molecule has 0 bridgehead atoms. The topological polar surface area (TPSA) is 206 Å². The minimum absolute atomic E-state index is 0.0173. The number of fused-ring (bicyclic) bond motifs is 3. The number of aromatic hydroxyl groups is 2. The monoisotopic (exact) mass is 543 g/mol. The summed E-state index contributed by atoms with van der Waals surface area (Å²) < 4.78 is 17.0. The highest BCUT2D eigenvalue weighted by Crippen LogP contribution is 2.52.